The van der Waals surface area contributed by atoms with Crippen LogP contribution in [0.5, 0.6) is 5.75 Å². The molecule has 5 nitrogen and oxygen atoms in total. The summed E-state index contributed by atoms with van der Waals surface area (Å²) in [5, 5.41) is 0.484. The molecule has 0 fully saturated rings. The van der Waals surface area contributed by atoms with E-state index in [0.717, 1.165) is 17.7 Å². The largest absolute Gasteiger partial charge is 0.494 e. The molecular weight excluding hydrogens is 330 g/mol. The van der Waals surface area contributed by atoms with E-state index in [-0.39, 0.29) is 17.1 Å². The Bertz CT molecular complexity index is 1050. The van der Waals surface area contributed by atoms with Gasteiger partial charge >= 0.3 is 0 Å². The van der Waals surface area contributed by atoms with Crippen LogP contribution in [0, 0.1) is 0 Å². The second-order valence-electron chi connectivity index (χ2n) is 6.41. The Balaban J connectivity index is 1.89. The Morgan fingerprint density at radius 2 is 1.92 bits per heavy atom. The van der Waals surface area contributed by atoms with Crippen LogP contribution in [-0.4, -0.2) is 24.5 Å². The van der Waals surface area contributed by atoms with Crippen molar-refractivity contribution >= 4 is 16.9 Å². The highest BCUT2D eigenvalue weighted by atomic mass is 16.5. The Morgan fingerprint density at radius 3 is 2.73 bits per heavy atom. The minimum absolute atomic E-state index is 0.126. The van der Waals surface area contributed by atoms with Gasteiger partial charge in [0.1, 0.15) is 11.3 Å². The van der Waals surface area contributed by atoms with Crippen molar-refractivity contribution in [3.05, 3.63) is 75.6 Å². The molecule has 0 bridgehead atoms. The summed E-state index contributed by atoms with van der Waals surface area (Å²) in [5.41, 5.74) is 1.49. The molecule has 0 unspecified atom stereocenters. The van der Waals surface area contributed by atoms with Crippen LogP contribution in [0.15, 0.2) is 57.7 Å². The number of hydrogen-bond donors (Lipinski definition) is 0. The lowest BCUT2D eigenvalue weighted by molar-refractivity contribution is 0.0771. The normalized spacial score (nSPS) is 16.2. The zero-order valence-corrected chi connectivity index (χ0v) is 14.7. The maximum Gasteiger partial charge on any atom is 0.290 e. The molecular formula is C21H19NO4. The fourth-order valence-corrected chi connectivity index (χ4v) is 3.42. The van der Waals surface area contributed by atoms with E-state index in [9.17, 15) is 9.59 Å². The first-order valence-corrected chi connectivity index (χ1v) is 8.67. The van der Waals surface area contributed by atoms with E-state index >= 15 is 0 Å². The summed E-state index contributed by atoms with van der Waals surface area (Å²) >= 11 is 0. The first kappa shape index (κ1) is 16.4. The first-order chi connectivity index (χ1) is 12.6. The molecule has 0 saturated carbocycles. The topological polar surface area (TPSA) is 59.8 Å². The second kappa shape index (κ2) is 6.33. The molecule has 1 atom stereocenters. The summed E-state index contributed by atoms with van der Waals surface area (Å²) in [6.07, 6.45) is 0.907. The quantitative estimate of drug-likeness (QED) is 0.720. The van der Waals surface area contributed by atoms with Gasteiger partial charge in [0, 0.05) is 7.05 Å². The van der Waals surface area contributed by atoms with E-state index < -0.39 is 6.04 Å². The fourth-order valence-electron chi connectivity index (χ4n) is 3.42. The zero-order chi connectivity index (χ0) is 18.3. The third-order valence-corrected chi connectivity index (χ3v) is 4.65. The van der Waals surface area contributed by atoms with Gasteiger partial charge < -0.3 is 14.1 Å². The minimum Gasteiger partial charge on any atom is -0.494 e. The zero-order valence-electron chi connectivity index (χ0n) is 14.7. The molecule has 0 spiro atoms. The Kier molecular flexibility index (Phi) is 3.99. The van der Waals surface area contributed by atoms with Crippen molar-refractivity contribution < 1.29 is 13.9 Å². The molecule has 0 N–H and O–H groups in total. The number of fused-ring (bicyclic) bond motifs is 2. The van der Waals surface area contributed by atoms with Crippen LogP contribution in [0.2, 0.25) is 0 Å². The summed E-state index contributed by atoms with van der Waals surface area (Å²) in [6.45, 7) is 2.66. The lowest BCUT2D eigenvalue weighted by Crippen LogP contribution is -2.25. The number of ether oxygens (including phenoxy) is 1. The Labute approximate surface area is 150 Å². The molecule has 2 heterocycles. The summed E-state index contributed by atoms with van der Waals surface area (Å²) in [6, 6.07) is 14.1. The van der Waals surface area contributed by atoms with Gasteiger partial charge in [-0.2, -0.15) is 0 Å². The van der Waals surface area contributed by atoms with Crippen LogP contribution >= 0.6 is 0 Å². The van der Waals surface area contributed by atoms with Crippen molar-refractivity contribution in [3.63, 3.8) is 0 Å². The second-order valence-corrected chi connectivity index (χ2v) is 6.41. The van der Waals surface area contributed by atoms with Crippen LogP contribution in [0.4, 0.5) is 0 Å². The number of para-hydroxylation sites is 1. The van der Waals surface area contributed by atoms with Crippen LogP contribution in [0.3, 0.4) is 0 Å². The fraction of sp³-hybridized carbons (Fsp3) is 0.238. The van der Waals surface area contributed by atoms with Crippen molar-refractivity contribution in [1.82, 2.24) is 4.90 Å². The van der Waals surface area contributed by atoms with Crippen molar-refractivity contribution in [2.45, 2.75) is 19.4 Å². The van der Waals surface area contributed by atoms with Crippen LogP contribution in [0.1, 0.15) is 41.1 Å². The molecule has 0 aliphatic carbocycles. The van der Waals surface area contributed by atoms with E-state index in [0.29, 0.717) is 23.1 Å². The summed E-state index contributed by atoms with van der Waals surface area (Å²) in [5.74, 6) is 0.567. The first-order valence-electron chi connectivity index (χ1n) is 8.67. The lowest BCUT2D eigenvalue weighted by atomic mass is 9.98. The van der Waals surface area contributed by atoms with Gasteiger partial charge in [-0.3, -0.25) is 9.59 Å². The van der Waals surface area contributed by atoms with Crippen LogP contribution in [-0.2, 0) is 0 Å². The molecule has 2 aromatic carbocycles. The van der Waals surface area contributed by atoms with Gasteiger partial charge in [0.05, 0.1) is 23.6 Å². The molecule has 1 aliphatic heterocycles. The van der Waals surface area contributed by atoms with Gasteiger partial charge in [0.15, 0.2) is 5.43 Å². The minimum atomic E-state index is -0.483. The number of benzene rings is 2. The maximum absolute atomic E-state index is 13.1. The molecule has 1 aliphatic rings. The number of hydrogen-bond acceptors (Lipinski definition) is 4. The highest BCUT2D eigenvalue weighted by Gasteiger charge is 2.40. The van der Waals surface area contributed by atoms with Crippen molar-refractivity contribution in [1.29, 1.82) is 0 Å². The van der Waals surface area contributed by atoms with Gasteiger partial charge in [-0.05, 0) is 36.2 Å². The molecule has 1 amide bonds. The monoisotopic (exact) mass is 349 g/mol. The average Bonchev–Trinajstić information content (AvgIpc) is 2.92. The molecule has 132 valence electrons. The molecule has 0 radical (unpaired) electrons. The number of carbonyl (C=O) groups excluding carboxylic acids is 1. The van der Waals surface area contributed by atoms with Crippen molar-refractivity contribution in [2.24, 2.45) is 0 Å². The van der Waals surface area contributed by atoms with Crippen molar-refractivity contribution in [2.75, 3.05) is 13.7 Å². The average molecular weight is 349 g/mol. The molecule has 4 rings (SSSR count). The molecule has 0 saturated heterocycles. The molecule has 5 heteroatoms. The lowest BCUT2D eigenvalue weighted by Gasteiger charge is -2.21. The smallest absolute Gasteiger partial charge is 0.290 e. The Hall–Kier alpha value is -3.08. The third kappa shape index (κ3) is 2.47. The predicted octanol–water partition coefficient (Wildman–Crippen LogP) is 3.76. The number of amides is 1. The van der Waals surface area contributed by atoms with Gasteiger partial charge in [0.25, 0.3) is 5.91 Å². The standard InChI is InChI=1S/C21H19NO4/c1-3-11-25-14-8-6-7-13(12-14)18-17-19(23)15-9-4-5-10-16(15)26-20(17)21(24)22(18)2/h4-10,12,18H,3,11H2,1-2H3/t18-/m0/s1. The number of rotatable bonds is 4. The van der Waals surface area contributed by atoms with Crippen LogP contribution in [0.25, 0.3) is 11.0 Å². The van der Waals surface area contributed by atoms with Crippen molar-refractivity contribution in [3.8, 4) is 5.75 Å². The van der Waals surface area contributed by atoms with E-state index in [1.54, 1.807) is 36.2 Å². The maximum atomic E-state index is 13.1. The van der Waals surface area contributed by atoms with Gasteiger partial charge in [-0.15, -0.1) is 0 Å². The summed E-state index contributed by atoms with van der Waals surface area (Å²) < 4.78 is 11.5. The highest BCUT2D eigenvalue weighted by molar-refractivity contribution is 5.98. The molecule has 26 heavy (non-hydrogen) atoms. The van der Waals surface area contributed by atoms with E-state index in [4.69, 9.17) is 9.15 Å². The number of carbonyl (C=O) groups is 1. The van der Waals surface area contributed by atoms with E-state index in [2.05, 4.69) is 0 Å². The van der Waals surface area contributed by atoms with Crippen LogP contribution < -0.4 is 10.2 Å². The predicted molar refractivity (Wildman–Crippen MR) is 98.6 cm³/mol. The SMILES string of the molecule is CCCOc1cccc([C@H]2c3c(oc4ccccc4c3=O)C(=O)N2C)c1. The summed E-state index contributed by atoms with van der Waals surface area (Å²) in [7, 11) is 1.69. The van der Waals surface area contributed by atoms with E-state index in [1.165, 1.54) is 0 Å². The number of nitrogens with zero attached hydrogens (tertiary/aromatic N) is 1. The molecule has 1 aromatic heterocycles. The van der Waals surface area contributed by atoms with E-state index in [1.807, 2.05) is 31.2 Å². The molecule has 3 aromatic rings. The summed E-state index contributed by atoms with van der Waals surface area (Å²) in [4.78, 5) is 27.3. The Morgan fingerprint density at radius 1 is 1.12 bits per heavy atom. The third-order valence-electron chi connectivity index (χ3n) is 4.65. The van der Waals surface area contributed by atoms with Gasteiger partial charge in [0.2, 0.25) is 5.76 Å². The van der Waals surface area contributed by atoms with Gasteiger partial charge in [-0.1, -0.05) is 31.2 Å². The van der Waals surface area contributed by atoms with Gasteiger partial charge in [-0.25, -0.2) is 0 Å². The highest BCUT2D eigenvalue weighted by Crippen LogP contribution is 2.37.